The van der Waals surface area contributed by atoms with Crippen molar-refractivity contribution in [3.63, 3.8) is 0 Å². The lowest BCUT2D eigenvalue weighted by atomic mass is 10.1. The number of fused-ring (bicyclic) bond motifs is 1. The molecule has 0 radical (unpaired) electrons. The van der Waals surface area contributed by atoms with Gasteiger partial charge in [-0.05, 0) is 42.3 Å². The van der Waals surface area contributed by atoms with Gasteiger partial charge in [0.15, 0.2) is 0 Å². The van der Waals surface area contributed by atoms with Gasteiger partial charge in [-0.3, -0.25) is 9.69 Å². The van der Waals surface area contributed by atoms with E-state index in [1.165, 1.54) is 11.1 Å². The molecule has 3 N–H and O–H groups in total. The lowest BCUT2D eigenvalue weighted by Gasteiger charge is -2.22. The minimum absolute atomic E-state index is 0.0157. The molecule has 3 rings (SSSR count). The first-order valence-electron chi connectivity index (χ1n) is 7.11. The molecule has 1 amide bonds. The molecule has 0 bridgehead atoms. The van der Waals surface area contributed by atoms with E-state index in [0.717, 1.165) is 24.5 Å². The number of nitrogens with one attached hydrogen (secondary N) is 1. The summed E-state index contributed by atoms with van der Waals surface area (Å²) in [5, 5.41) is 2.95. The fraction of sp³-hybridized carbons (Fsp3) is 0.235. The summed E-state index contributed by atoms with van der Waals surface area (Å²) in [5.41, 5.74) is 9.89. The lowest BCUT2D eigenvalue weighted by Crippen LogP contribution is -2.38. The molecule has 4 heteroatoms. The second-order valence-corrected chi connectivity index (χ2v) is 5.46. The van der Waals surface area contributed by atoms with Gasteiger partial charge in [0, 0.05) is 24.5 Å². The quantitative estimate of drug-likeness (QED) is 0.850. The van der Waals surface area contributed by atoms with Crippen LogP contribution < -0.4 is 11.1 Å². The number of rotatable bonds is 3. The fourth-order valence-electron chi connectivity index (χ4n) is 2.65. The number of nitrogens with zero attached hydrogens (tertiary/aromatic N) is 1. The van der Waals surface area contributed by atoms with E-state index in [1.807, 2.05) is 55.5 Å². The third kappa shape index (κ3) is 2.90. The Morgan fingerprint density at radius 1 is 1.14 bits per heavy atom. The number of amides is 1. The summed E-state index contributed by atoms with van der Waals surface area (Å²) >= 11 is 0. The van der Waals surface area contributed by atoms with Crippen molar-refractivity contribution >= 4 is 17.3 Å². The van der Waals surface area contributed by atoms with Gasteiger partial charge in [-0.1, -0.05) is 24.3 Å². The van der Waals surface area contributed by atoms with Gasteiger partial charge < -0.3 is 11.1 Å². The maximum Gasteiger partial charge on any atom is 0.241 e. The third-order valence-electron chi connectivity index (χ3n) is 3.95. The van der Waals surface area contributed by atoms with Crippen molar-refractivity contribution in [2.45, 2.75) is 26.1 Å². The SMILES string of the molecule is CC(C(=O)Nc1ccccc1)N1Cc2ccc(N)cc2C1. The summed E-state index contributed by atoms with van der Waals surface area (Å²) < 4.78 is 0. The summed E-state index contributed by atoms with van der Waals surface area (Å²) in [6.45, 7) is 3.50. The van der Waals surface area contributed by atoms with Crippen molar-refractivity contribution in [1.82, 2.24) is 4.90 Å². The molecule has 0 saturated heterocycles. The summed E-state index contributed by atoms with van der Waals surface area (Å²) in [6.07, 6.45) is 0. The van der Waals surface area contributed by atoms with Gasteiger partial charge in [-0.2, -0.15) is 0 Å². The molecule has 1 aliphatic rings. The second kappa shape index (κ2) is 5.58. The van der Waals surface area contributed by atoms with Crippen LogP contribution in [-0.2, 0) is 17.9 Å². The number of benzene rings is 2. The van der Waals surface area contributed by atoms with E-state index >= 15 is 0 Å². The number of para-hydroxylation sites is 1. The first-order valence-corrected chi connectivity index (χ1v) is 7.11. The van der Waals surface area contributed by atoms with Gasteiger partial charge in [0.2, 0.25) is 5.91 Å². The summed E-state index contributed by atoms with van der Waals surface area (Å²) in [6, 6.07) is 15.3. The molecule has 1 atom stereocenters. The monoisotopic (exact) mass is 281 g/mol. The number of hydrogen-bond donors (Lipinski definition) is 2. The highest BCUT2D eigenvalue weighted by molar-refractivity contribution is 5.94. The Hall–Kier alpha value is -2.33. The van der Waals surface area contributed by atoms with Crippen molar-refractivity contribution < 1.29 is 4.79 Å². The summed E-state index contributed by atoms with van der Waals surface area (Å²) in [7, 11) is 0. The average molecular weight is 281 g/mol. The van der Waals surface area contributed by atoms with Crippen LogP contribution in [0.1, 0.15) is 18.1 Å². The van der Waals surface area contributed by atoms with E-state index in [2.05, 4.69) is 10.2 Å². The Balaban J connectivity index is 1.67. The van der Waals surface area contributed by atoms with Gasteiger partial charge in [0.1, 0.15) is 0 Å². The number of hydrogen-bond acceptors (Lipinski definition) is 3. The molecule has 0 saturated carbocycles. The standard InChI is InChI=1S/C17H19N3O/c1-12(17(21)19-16-5-3-2-4-6-16)20-10-13-7-8-15(18)9-14(13)11-20/h2-9,12H,10-11,18H2,1H3,(H,19,21). The van der Waals surface area contributed by atoms with E-state index < -0.39 is 0 Å². The van der Waals surface area contributed by atoms with Gasteiger partial charge >= 0.3 is 0 Å². The molecule has 0 aromatic heterocycles. The predicted molar refractivity (Wildman–Crippen MR) is 84.6 cm³/mol. The molecule has 1 unspecified atom stereocenters. The van der Waals surface area contributed by atoms with Crippen LogP contribution in [-0.4, -0.2) is 16.8 Å². The maximum absolute atomic E-state index is 12.3. The van der Waals surface area contributed by atoms with Crippen molar-refractivity contribution in [1.29, 1.82) is 0 Å². The highest BCUT2D eigenvalue weighted by atomic mass is 16.2. The molecule has 4 nitrogen and oxygen atoms in total. The number of nitrogen functional groups attached to an aromatic ring is 1. The lowest BCUT2D eigenvalue weighted by molar-refractivity contribution is -0.120. The molecule has 0 fully saturated rings. The Bertz CT molecular complexity index is 654. The molecule has 1 heterocycles. The smallest absolute Gasteiger partial charge is 0.241 e. The van der Waals surface area contributed by atoms with Crippen LogP contribution in [0.25, 0.3) is 0 Å². The van der Waals surface area contributed by atoms with Gasteiger partial charge in [0.25, 0.3) is 0 Å². The maximum atomic E-state index is 12.3. The van der Waals surface area contributed by atoms with Crippen LogP contribution in [0.15, 0.2) is 48.5 Å². The van der Waals surface area contributed by atoms with Crippen molar-refractivity contribution in [3.05, 3.63) is 59.7 Å². The predicted octanol–water partition coefficient (Wildman–Crippen LogP) is 2.61. The van der Waals surface area contributed by atoms with E-state index in [9.17, 15) is 4.79 Å². The van der Waals surface area contributed by atoms with Crippen LogP contribution in [0.3, 0.4) is 0 Å². The van der Waals surface area contributed by atoms with Crippen LogP contribution in [0.4, 0.5) is 11.4 Å². The number of nitrogens with two attached hydrogens (primary N) is 1. The molecule has 0 aliphatic carbocycles. The molecular weight excluding hydrogens is 262 g/mol. The first-order chi connectivity index (χ1) is 10.1. The Labute approximate surface area is 124 Å². The Morgan fingerprint density at radius 2 is 1.86 bits per heavy atom. The van der Waals surface area contributed by atoms with E-state index in [0.29, 0.717) is 0 Å². The van der Waals surface area contributed by atoms with Crippen LogP contribution in [0.5, 0.6) is 0 Å². The number of anilines is 2. The van der Waals surface area contributed by atoms with Gasteiger partial charge in [-0.15, -0.1) is 0 Å². The van der Waals surface area contributed by atoms with Crippen LogP contribution >= 0.6 is 0 Å². The molecular formula is C17H19N3O. The zero-order valence-corrected chi connectivity index (χ0v) is 12.0. The number of carbonyl (C=O) groups is 1. The fourth-order valence-corrected chi connectivity index (χ4v) is 2.65. The highest BCUT2D eigenvalue weighted by Gasteiger charge is 2.27. The van der Waals surface area contributed by atoms with Crippen molar-refractivity contribution in [2.24, 2.45) is 0 Å². The minimum atomic E-state index is -0.182. The van der Waals surface area contributed by atoms with Crippen molar-refractivity contribution in [2.75, 3.05) is 11.1 Å². The van der Waals surface area contributed by atoms with E-state index in [-0.39, 0.29) is 11.9 Å². The average Bonchev–Trinajstić information content (AvgIpc) is 2.90. The third-order valence-corrected chi connectivity index (χ3v) is 3.95. The van der Waals surface area contributed by atoms with Crippen LogP contribution in [0.2, 0.25) is 0 Å². The van der Waals surface area contributed by atoms with Crippen LogP contribution in [0, 0.1) is 0 Å². The highest BCUT2D eigenvalue weighted by Crippen LogP contribution is 2.26. The van der Waals surface area contributed by atoms with E-state index in [4.69, 9.17) is 5.73 Å². The molecule has 21 heavy (non-hydrogen) atoms. The largest absolute Gasteiger partial charge is 0.399 e. The van der Waals surface area contributed by atoms with Crippen molar-refractivity contribution in [3.8, 4) is 0 Å². The zero-order valence-electron chi connectivity index (χ0n) is 12.0. The molecule has 2 aromatic carbocycles. The molecule has 1 aliphatic heterocycles. The summed E-state index contributed by atoms with van der Waals surface area (Å²) in [5.74, 6) is 0.0157. The molecule has 2 aromatic rings. The Kier molecular flexibility index (Phi) is 3.62. The molecule has 0 spiro atoms. The second-order valence-electron chi connectivity index (χ2n) is 5.46. The minimum Gasteiger partial charge on any atom is -0.399 e. The summed E-state index contributed by atoms with van der Waals surface area (Å²) in [4.78, 5) is 14.5. The molecule has 108 valence electrons. The normalized spacial score (nSPS) is 15.5. The topological polar surface area (TPSA) is 58.4 Å². The first kappa shape index (κ1) is 13.6. The van der Waals surface area contributed by atoms with E-state index in [1.54, 1.807) is 0 Å². The van der Waals surface area contributed by atoms with Gasteiger partial charge in [0.05, 0.1) is 6.04 Å². The zero-order chi connectivity index (χ0) is 14.8. The number of carbonyl (C=O) groups excluding carboxylic acids is 1. The van der Waals surface area contributed by atoms with Gasteiger partial charge in [-0.25, -0.2) is 0 Å². The Morgan fingerprint density at radius 3 is 2.62 bits per heavy atom.